The maximum Gasteiger partial charge on any atom is 0.335 e. The number of carbonyl (C=O) groups excluding carboxylic acids is 2. The molecule has 4 heteroatoms. The van der Waals surface area contributed by atoms with Crippen molar-refractivity contribution in [2.24, 2.45) is 0 Å². The summed E-state index contributed by atoms with van der Waals surface area (Å²) in [6.07, 6.45) is 2.50. The Morgan fingerprint density at radius 2 is 2.06 bits per heavy atom. The van der Waals surface area contributed by atoms with Crippen LogP contribution in [0.4, 0.5) is 0 Å². The Kier molecular flexibility index (Phi) is 6.92. The molecule has 0 heterocycles. The van der Waals surface area contributed by atoms with E-state index >= 15 is 0 Å². The highest BCUT2D eigenvalue weighted by Crippen LogP contribution is 2.06. The molecule has 0 aliphatic heterocycles. The molecule has 1 unspecified atom stereocenters. The molecule has 0 bridgehead atoms. The highest BCUT2D eigenvalue weighted by atomic mass is 16.5. The Hall–Kier alpha value is -1.58. The molecule has 0 radical (unpaired) electrons. The van der Waals surface area contributed by atoms with Crippen molar-refractivity contribution in [1.29, 1.82) is 0 Å². The summed E-state index contributed by atoms with van der Waals surface area (Å²) in [6, 6.07) is -0.394. The van der Waals surface area contributed by atoms with E-state index in [2.05, 4.69) is 18.5 Å². The molecule has 0 aliphatic carbocycles. The lowest BCUT2D eigenvalue weighted by Crippen LogP contribution is -2.37. The largest absolute Gasteiger partial charge is 0.462 e. The van der Waals surface area contributed by atoms with Crippen LogP contribution in [-0.4, -0.2) is 24.5 Å². The van der Waals surface area contributed by atoms with Gasteiger partial charge in [-0.25, -0.2) is 4.79 Å². The second-order valence-corrected chi connectivity index (χ2v) is 3.33. The third-order valence-corrected chi connectivity index (χ3v) is 2.03. The van der Waals surface area contributed by atoms with Crippen LogP contribution >= 0.6 is 0 Å². The molecular weight excluding hydrogens is 206 g/mol. The molecule has 0 aromatic carbocycles. The summed E-state index contributed by atoms with van der Waals surface area (Å²) in [5, 5.41) is 2.62. The third-order valence-electron chi connectivity index (χ3n) is 2.03. The molecule has 0 aromatic rings. The van der Waals surface area contributed by atoms with E-state index < -0.39 is 12.0 Å². The van der Waals surface area contributed by atoms with Crippen LogP contribution in [0.2, 0.25) is 0 Å². The Labute approximate surface area is 96.4 Å². The molecule has 0 saturated heterocycles. The highest BCUT2D eigenvalue weighted by molar-refractivity contribution is 5.92. The minimum absolute atomic E-state index is 0.270. The van der Waals surface area contributed by atoms with Crippen LogP contribution in [0.25, 0.3) is 0 Å². The van der Waals surface area contributed by atoms with Crippen LogP contribution in [0.15, 0.2) is 24.8 Å². The summed E-state index contributed by atoms with van der Waals surface area (Å²) in [7, 11) is 0. The predicted octanol–water partition coefficient (Wildman–Crippen LogP) is 1.58. The summed E-state index contributed by atoms with van der Waals surface area (Å²) < 4.78 is 4.94. The van der Waals surface area contributed by atoms with Crippen molar-refractivity contribution in [3.8, 4) is 0 Å². The van der Waals surface area contributed by atoms with E-state index in [4.69, 9.17) is 4.74 Å². The van der Waals surface area contributed by atoms with Crippen LogP contribution in [0.3, 0.4) is 0 Å². The molecule has 1 atom stereocenters. The van der Waals surface area contributed by atoms with Gasteiger partial charge in [-0.15, -0.1) is 0 Å². The summed E-state index contributed by atoms with van der Waals surface area (Å²) in [4.78, 5) is 22.6. The maximum atomic E-state index is 11.5. The van der Waals surface area contributed by atoms with Gasteiger partial charge in [-0.1, -0.05) is 27.0 Å². The molecule has 4 nitrogen and oxygen atoms in total. The first-order valence-corrected chi connectivity index (χ1v) is 5.35. The van der Waals surface area contributed by atoms with E-state index in [-0.39, 0.29) is 11.5 Å². The molecular formula is C12H19NO3. The van der Waals surface area contributed by atoms with Gasteiger partial charge < -0.3 is 10.1 Å². The molecule has 1 N–H and O–H groups in total. The van der Waals surface area contributed by atoms with Gasteiger partial charge in [-0.2, -0.15) is 0 Å². The number of hydrogen-bond acceptors (Lipinski definition) is 3. The van der Waals surface area contributed by atoms with Gasteiger partial charge in [0, 0.05) is 0 Å². The number of amides is 1. The number of ether oxygens (including phenoxy) is 1. The van der Waals surface area contributed by atoms with Gasteiger partial charge in [0.15, 0.2) is 0 Å². The normalized spacial score (nSPS) is 11.4. The number of carbonyl (C=O) groups is 2. The molecule has 0 saturated carbocycles. The SMILES string of the molecule is C=CC(=O)NC(CC)C(=C)C(=O)OCCC. The molecule has 0 aliphatic rings. The molecule has 16 heavy (non-hydrogen) atoms. The van der Waals surface area contributed by atoms with E-state index in [1.807, 2.05) is 13.8 Å². The van der Waals surface area contributed by atoms with Gasteiger partial charge in [0.25, 0.3) is 0 Å². The molecule has 1 amide bonds. The highest BCUT2D eigenvalue weighted by Gasteiger charge is 2.19. The van der Waals surface area contributed by atoms with E-state index in [1.54, 1.807) is 0 Å². The average molecular weight is 225 g/mol. The lowest BCUT2D eigenvalue weighted by molar-refractivity contribution is -0.139. The van der Waals surface area contributed by atoms with Crippen molar-refractivity contribution >= 4 is 11.9 Å². The standard InChI is InChI=1S/C12H19NO3/c1-5-8-16-12(15)9(4)10(6-2)13-11(14)7-3/h7,10H,3-6,8H2,1-2H3,(H,13,14). The lowest BCUT2D eigenvalue weighted by atomic mass is 10.1. The Balaban J connectivity index is 4.34. The minimum Gasteiger partial charge on any atom is -0.462 e. The Bertz CT molecular complexity index is 284. The van der Waals surface area contributed by atoms with E-state index in [0.29, 0.717) is 13.0 Å². The number of hydrogen-bond donors (Lipinski definition) is 1. The van der Waals surface area contributed by atoms with Gasteiger partial charge >= 0.3 is 5.97 Å². The summed E-state index contributed by atoms with van der Waals surface area (Å²) in [5.74, 6) is -0.783. The fraction of sp³-hybridized carbons (Fsp3) is 0.500. The van der Waals surface area contributed by atoms with Gasteiger partial charge in [-0.3, -0.25) is 4.79 Å². The Morgan fingerprint density at radius 1 is 1.44 bits per heavy atom. The number of nitrogens with one attached hydrogen (secondary N) is 1. The molecule has 0 fully saturated rings. The van der Waals surface area contributed by atoms with Crippen molar-refractivity contribution in [2.75, 3.05) is 6.61 Å². The smallest absolute Gasteiger partial charge is 0.335 e. The fourth-order valence-electron chi connectivity index (χ4n) is 1.10. The van der Waals surface area contributed by atoms with Crippen LogP contribution in [0, 0.1) is 0 Å². The second kappa shape index (κ2) is 7.68. The van der Waals surface area contributed by atoms with Crippen LogP contribution < -0.4 is 5.32 Å². The van der Waals surface area contributed by atoms with Crippen LogP contribution in [-0.2, 0) is 14.3 Å². The minimum atomic E-state index is -0.460. The first kappa shape index (κ1) is 14.4. The van der Waals surface area contributed by atoms with Crippen LogP contribution in [0.1, 0.15) is 26.7 Å². The predicted molar refractivity (Wildman–Crippen MR) is 62.8 cm³/mol. The third kappa shape index (κ3) is 4.77. The van der Waals surface area contributed by atoms with Crippen molar-refractivity contribution in [2.45, 2.75) is 32.7 Å². The zero-order valence-electron chi connectivity index (χ0n) is 9.91. The monoisotopic (exact) mass is 225 g/mol. The van der Waals surface area contributed by atoms with Crippen LogP contribution in [0.5, 0.6) is 0 Å². The van der Waals surface area contributed by atoms with Crippen molar-refractivity contribution in [3.63, 3.8) is 0 Å². The van der Waals surface area contributed by atoms with Gasteiger partial charge in [0.1, 0.15) is 0 Å². The summed E-state index contributed by atoms with van der Waals surface area (Å²) in [6.45, 7) is 11.1. The first-order chi connectivity index (χ1) is 7.56. The van der Waals surface area contributed by atoms with E-state index in [1.165, 1.54) is 0 Å². The zero-order chi connectivity index (χ0) is 12.6. The van der Waals surface area contributed by atoms with E-state index in [9.17, 15) is 9.59 Å². The topological polar surface area (TPSA) is 55.4 Å². The lowest BCUT2D eigenvalue weighted by Gasteiger charge is -2.17. The van der Waals surface area contributed by atoms with Crippen molar-refractivity contribution in [1.82, 2.24) is 5.32 Å². The fourth-order valence-corrected chi connectivity index (χ4v) is 1.10. The quantitative estimate of drug-likeness (QED) is 0.528. The van der Waals surface area contributed by atoms with Gasteiger partial charge in [0.2, 0.25) is 5.91 Å². The summed E-state index contributed by atoms with van der Waals surface area (Å²) in [5.41, 5.74) is 0.270. The number of rotatable bonds is 7. The van der Waals surface area contributed by atoms with Gasteiger partial charge in [0.05, 0.1) is 18.2 Å². The van der Waals surface area contributed by atoms with Crippen molar-refractivity contribution < 1.29 is 14.3 Å². The first-order valence-electron chi connectivity index (χ1n) is 5.35. The maximum absolute atomic E-state index is 11.5. The van der Waals surface area contributed by atoms with E-state index in [0.717, 1.165) is 12.5 Å². The molecule has 0 aromatic heterocycles. The average Bonchev–Trinajstić information content (AvgIpc) is 2.31. The van der Waals surface area contributed by atoms with Crippen molar-refractivity contribution in [3.05, 3.63) is 24.8 Å². The Morgan fingerprint density at radius 3 is 2.50 bits per heavy atom. The van der Waals surface area contributed by atoms with Gasteiger partial charge in [-0.05, 0) is 18.9 Å². The summed E-state index contributed by atoms with van der Waals surface area (Å²) >= 11 is 0. The second-order valence-electron chi connectivity index (χ2n) is 3.33. The zero-order valence-corrected chi connectivity index (χ0v) is 9.91. The molecule has 0 spiro atoms. The molecule has 0 rings (SSSR count). The number of esters is 1. The molecule has 90 valence electrons.